The number of aliphatic hydroxyl groups is 1. The maximum atomic E-state index is 12.6. The highest BCUT2D eigenvalue weighted by Gasteiger charge is 2.60. The van der Waals surface area contributed by atoms with Gasteiger partial charge < -0.3 is 9.53 Å². The van der Waals surface area contributed by atoms with Crippen molar-refractivity contribution in [2.45, 2.75) is 97.4 Å². The van der Waals surface area contributed by atoms with Crippen molar-refractivity contribution in [1.82, 2.24) is 0 Å². The van der Waals surface area contributed by atoms with E-state index in [1.165, 1.54) is 12.8 Å². The summed E-state index contributed by atoms with van der Waals surface area (Å²) in [4.78, 5) is 12.6. The molecule has 3 aliphatic rings. The van der Waals surface area contributed by atoms with E-state index >= 15 is 0 Å². The summed E-state index contributed by atoms with van der Waals surface area (Å²) < 4.78 is 6.94. The molecule has 0 saturated heterocycles. The Morgan fingerprint density at radius 3 is 2.35 bits per heavy atom. The van der Waals surface area contributed by atoms with Crippen LogP contribution >= 0.6 is 0 Å². The zero-order valence-corrected chi connectivity index (χ0v) is 19.0. The van der Waals surface area contributed by atoms with Crippen molar-refractivity contribution in [1.29, 1.82) is 0 Å². The van der Waals surface area contributed by atoms with Gasteiger partial charge >= 0.3 is 0 Å². The molecule has 3 rings (SSSR count). The highest BCUT2D eigenvalue weighted by atomic mass is 28.4. The minimum atomic E-state index is -1.78. The molecule has 0 bridgehead atoms. The second-order valence-electron chi connectivity index (χ2n) is 11.4. The zero-order chi connectivity index (χ0) is 19.5. The van der Waals surface area contributed by atoms with Crippen LogP contribution in [0.15, 0.2) is 0 Å². The van der Waals surface area contributed by atoms with Gasteiger partial charge in [0, 0.05) is 6.42 Å². The molecule has 0 amide bonds. The summed E-state index contributed by atoms with van der Waals surface area (Å²) in [6.45, 7) is 16.2. The van der Waals surface area contributed by atoms with Crippen LogP contribution in [0.5, 0.6) is 0 Å². The molecular weight excluding hydrogens is 340 g/mol. The third-order valence-corrected chi connectivity index (χ3v) is 13.6. The molecule has 150 valence electrons. The lowest BCUT2D eigenvalue weighted by Crippen LogP contribution is -2.55. The first kappa shape index (κ1) is 20.5. The van der Waals surface area contributed by atoms with Crippen LogP contribution in [-0.2, 0) is 9.22 Å². The number of hydrogen-bond acceptors (Lipinski definition) is 3. The van der Waals surface area contributed by atoms with E-state index in [-0.39, 0.29) is 22.8 Å². The fourth-order valence-electron chi connectivity index (χ4n) is 6.15. The zero-order valence-electron chi connectivity index (χ0n) is 18.0. The largest absolute Gasteiger partial charge is 0.413 e. The Bertz CT molecular complexity index is 566. The van der Waals surface area contributed by atoms with E-state index in [1.54, 1.807) is 0 Å². The lowest BCUT2D eigenvalue weighted by Gasteiger charge is -2.56. The normalized spacial score (nSPS) is 43.9. The molecule has 4 unspecified atom stereocenters. The van der Waals surface area contributed by atoms with Crippen LogP contribution in [0.2, 0.25) is 18.1 Å². The number of fused-ring (bicyclic) bond motifs is 3. The second-order valence-corrected chi connectivity index (χ2v) is 16.2. The molecule has 4 heteroatoms. The Kier molecular flexibility index (Phi) is 5.07. The maximum Gasteiger partial charge on any atom is 0.192 e. The van der Waals surface area contributed by atoms with E-state index in [4.69, 9.17) is 4.43 Å². The summed E-state index contributed by atoms with van der Waals surface area (Å²) in [5.74, 6) is 1.88. The first-order chi connectivity index (χ1) is 11.9. The summed E-state index contributed by atoms with van der Waals surface area (Å²) in [5, 5.41) is 10.3. The molecule has 3 aliphatic carbocycles. The van der Waals surface area contributed by atoms with Gasteiger partial charge in [-0.1, -0.05) is 34.6 Å². The van der Waals surface area contributed by atoms with E-state index in [9.17, 15) is 9.90 Å². The van der Waals surface area contributed by atoms with Crippen molar-refractivity contribution in [3.63, 3.8) is 0 Å². The number of Topliss-reactive ketones (excluding diaryl/α,β-unsaturated/α-hetero) is 1. The van der Waals surface area contributed by atoms with Crippen LogP contribution < -0.4 is 0 Å². The molecule has 3 fully saturated rings. The van der Waals surface area contributed by atoms with E-state index in [0.717, 1.165) is 19.3 Å². The van der Waals surface area contributed by atoms with E-state index in [0.29, 0.717) is 30.3 Å². The van der Waals surface area contributed by atoms with Crippen LogP contribution in [0.1, 0.15) is 73.1 Å². The van der Waals surface area contributed by atoms with Gasteiger partial charge in [0.25, 0.3) is 0 Å². The molecule has 0 radical (unpaired) electrons. The number of ketones is 1. The van der Waals surface area contributed by atoms with Gasteiger partial charge in [-0.15, -0.1) is 0 Å². The highest BCUT2D eigenvalue weighted by molar-refractivity contribution is 6.74. The lowest BCUT2D eigenvalue weighted by molar-refractivity contribution is -0.150. The van der Waals surface area contributed by atoms with Gasteiger partial charge in [0.05, 0.1) is 18.1 Å². The quantitative estimate of drug-likeness (QED) is 0.686. The predicted molar refractivity (Wildman–Crippen MR) is 109 cm³/mol. The summed E-state index contributed by atoms with van der Waals surface area (Å²) in [5.41, 5.74) is -0.268. The van der Waals surface area contributed by atoms with E-state index < -0.39 is 13.7 Å². The highest BCUT2D eigenvalue weighted by Crippen LogP contribution is 2.63. The van der Waals surface area contributed by atoms with Crippen LogP contribution in [-0.4, -0.2) is 31.9 Å². The van der Waals surface area contributed by atoms with Crippen LogP contribution in [0.3, 0.4) is 0 Å². The third kappa shape index (κ3) is 2.95. The smallest absolute Gasteiger partial charge is 0.192 e. The second kappa shape index (κ2) is 6.42. The topological polar surface area (TPSA) is 46.5 Å². The molecule has 0 aromatic rings. The molecule has 0 aliphatic heterocycles. The molecule has 1 N–H and O–H groups in total. The lowest BCUT2D eigenvalue weighted by atomic mass is 9.50. The Morgan fingerprint density at radius 1 is 1.12 bits per heavy atom. The summed E-state index contributed by atoms with van der Waals surface area (Å²) >= 11 is 0. The van der Waals surface area contributed by atoms with Crippen molar-refractivity contribution in [3.8, 4) is 0 Å². The third-order valence-electron chi connectivity index (χ3n) is 9.08. The van der Waals surface area contributed by atoms with Gasteiger partial charge in [-0.05, 0) is 73.4 Å². The molecule has 26 heavy (non-hydrogen) atoms. The molecule has 0 heterocycles. The van der Waals surface area contributed by atoms with Crippen LogP contribution in [0.4, 0.5) is 0 Å². The molecule has 6 atom stereocenters. The fourth-order valence-corrected chi connectivity index (χ4v) is 7.61. The standard InChI is InChI=1S/C22H40O3Si/c1-20(2,3)26(6,7)25-19-11-9-16-15-8-10-18(24)22(5,14-23)17(15)12-13-21(16,19)4/h15-17,19,23H,8-14H2,1-7H3/t15?,16?,17?,19?,21-,22+/m0/s1. The number of rotatable bonds is 3. The number of carbonyl (C=O) groups excluding carboxylic acids is 1. The summed E-state index contributed by atoms with van der Waals surface area (Å²) in [6.07, 6.45) is 6.64. The van der Waals surface area contributed by atoms with E-state index in [2.05, 4.69) is 40.8 Å². The average Bonchev–Trinajstić information content (AvgIpc) is 2.86. The van der Waals surface area contributed by atoms with Gasteiger partial charge in [0.2, 0.25) is 0 Å². The first-order valence-electron chi connectivity index (χ1n) is 10.7. The van der Waals surface area contributed by atoms with Gasteiger partial charge in [0.15, 0.2) is 8.32 Å². The average molecular weight is 381 g/mol. The van der Waals surface area contributed by atoms with Crippen molar-refractivity contribution in [2.24, 2.45) is 28.6 Å². The number of hydrogen-bond donors (Lipinski definition) is 1. The minimum absolute atomic E-state index is 0.0142. The molecule has 3 saturated carbocycles. The summed E-state index contributed by atoms with van der Waals surface area (Å²) in [6, 6.07) is 0. The van der Waals surface area contributed by atoms with Crippen LogP contribution in [0.25, 0.3) is 0 Å². The van der Waals surface area contributed by atoms with E-state index in [1.807, 2.05) is 6.92 Å². The van der Waals surface area contributed by atoms with Gasteiger partial charge in [0.1, 0.15) is 5.78 Å². The Balaban J connectivity index is 1.83. The Labute approximate surface area is 161 Å². The Hall–Kier alpha value is -0.193. The molecule has 0 aromatic heterocycles. The van der Waals surface area contributed by atoms with Crippen molar-refractivity contribution < 1.29 is 14.3 Å². The van der Waals surface area contributed by atoms with Gasteiger partial charge in [-0.25, -0.2) is 0 Å². The number of aliphatic hydroxyl groups excluding tert-OH is 1. The van der Waals surface area contributed by atoms with Crippen molar-refractivity contribution in [3.05, 3.63) is 0 Å². The number of carbonyl (C=O) groups is 1. The fraction of sp³-hybridized carbons (Fsp3) is 0.955. The Morgan fingerprint density at radius 2 is 1.77 bits per heavy atom. The molecule has 3 nitrogen and oxygen atoms in total. The molecule has 0 spiro atoms. The maximum absolute atomic E-state index is 12.6. The summed E-state index contributed by atoms with van der Waals surface area (Å²) in [7, 11) is -1.78. The van der Waals surface area contributed by atoms with Gasteiger partial charge in [-0.3, -0.25) is 4.79 Å². The van der Waals surface area contributed by atoms with Crippen molar-refractivity contribution in [2.75, 3.05) is 6.61 Å². The monoisotopic (exact) mass is 380 g/mol. The predicted octanol–water partition coefficient (Wildman–Crippen LogP) is 5.18. The van der Waals surface area contributed by atoms with Crippen LogP contribution in [0, 0.1) is 28.6 Å². The molecular formula is C22H40O3Si. The SMILES string of the molecule is CC(C)(C)[Si](C)(C)OC1CCC2C3CCC(=O)[C@](C)(CO)C3CC[C@]12C. The molecule has 0 aromatic carbocycles. The van der Waals surface area contributed by atoms with Crippen molar-refractivity contribution >= 4 is 14.1 Å². The first-order valence-corrected chi connectivity index (χ1v) is 13.6. The minimum Gasteiger partial charge on any atom is -0.413 e. The van der Waals surface area contributed by atoms with Gasteiger partial charge in [-0.2, -0.15) is 0 Å².